The number of benzene rings is 9. The molecule has 21 heteroatoms. The van der Waals surface area contributed by atoms with Crippen LogP contribution in [0.4, 0.5) is 21.5 Å². The molecule has 594 valence electrons. The number of piperidine rings is 3. The SMILES string of the molecule is CN(CCc1ccccc1)C(=O)c1ccccc1C1CCN(CCN2C(=O)COc3ccccc32)CC1.COc1cc(CCNC(=O)c2ccccc2C2CCN(CCN3C(=O)COc4ccccc43)CC2)cc(OC)c1.O=C(NCCc1ccc(F)cc1)c1ccccc1C1CCN(CCN2C(=O)COc3ccccc32)CC1. The van der Waals surface area contributed by atoms with Gasteiger partial charge in [0.1, 0.15) is 34.6 Å². The van der Waals surface area contributed by atoms with Gasteiger partial charge in [0.25, 0.3) is 35.4 Å². The number of carbonyl (C=O) groups excluding carboxylic acids is 6. The highest BCUT2D eigenvalue weighted by Gasteiger charge is 2.33. The largest absolute Gasteiger partial charge is 0.497 e. The first kappa shape index (κ1) is 80.7. The van der Waals surface area contributed by atoms with E-state index in [-0.39, 0.29) is 61.1 Å². The fourth-order valence-corrected chi connectivity index (χ4v) is 16.2. The number of halogens is 1. The van der Waals surface area contributed by atoms with Crippen molar-refractivity contribution in [2.75, 3.05) is 154 Å². The molecule has 20 nitrogen and oxygen atoms in total. The first-order valence-corrected chi connectivity index (χ1v) is 40.1. The van der Waals surface area contributed by atoms with Gasteiger partial charge in [-0.2, -0.15) is 0 Å². The van der Waals surface area contributed by atoms with Crippen molar-refractivity contribution in [3.63, 3.8) is 0 Å². The Bertz CT molecular complexity index is 4710. The number of nitrogens with one attached hydrogen (secondary N) is 2. The molecule has 114 heavy (non-hydrogen) atoms. The van der Waals surface area contributed by atoms with Gasteiger partial charge in [-0.15, -0.1) is 0 Å². The summed E-state index contributed by atoms with van der Waals surface area (Å²) in [6.07, 6.45) is 8.07. The number of ether oxygens (including phenoxy) is 5. The Morgan fingerprint density at radius 1 is 0.404 bits per heavy atom. The molecule has 0 bridgehead atoms. The molecule has 0 aliphatic carbocycles. The van der Waals surface area contributed by atoms with E-state index in [9.17, 15) is 33.2 Å². The number of carbonyl (C=O) groups is 6. The van der Waals surface area contributed by atoms with Crippen LogP contribution in [0.1, 0.15) is 121 Å². The minimum atomic E-state index is -0.257. The second kappa shape index (κ2) is 39.9. The summed E-state index contributed by atoms with van der Waals surface area (Å²) >= 11 is 0. The van der Waals surface area contributed by atoms with Gasteiger partial charge in [0.15, 0.2) is 19.8 Å². The standard InChI is InChI=1S/C32H37N3O5.C31H35N3O3.C30H32FN3O3/c1-38-25-19-23(20-26(21-25)39-2)11-14-33-32(37)28-8-4-3-7-27(28)24-12-15-34(16-13-24)17-18-35-29-9-5-6-10-30(29)40-22-31(35)36;1-32(18-15-24-9-3-2-4-10-24)31(36)27-12-6-5-11-26(27)25-16-19-33(20-17-25)21-22-34-28-13-7-8-14-29(28)37-23-30(34)35;31-24-11-9-22(10-12-24)13-16-32-30(36)26-6-2-1-5-25(26)23-14-17-33(18-15-23)19-20-34-27-7-3-4-8-28(27)37-21-29(34)35/h3-10,19-21,24H,11-18,22H2,1-2H3,(H,33,37);2-14,25H,15-23H2,1H3;1-12,23H,13-21H2,(H,32,36). The average molecular weight is 1540 g/mol. The second-order valence-electron chi connectivity index (χ2n) is 29.8. The number of para-hydroxylation sites is 6. The zero-order chi connectivity index (χ0) is 79.1. The quantitative estimate of drug-likeness (QED) is 0.0519. The van der Waals surface area contributed by atoms with Crippen LogP contribution in [0.25, 0.3) is 0 Å². The Morgan fingerprint density at radius 2 is 0.746 bits per heavy atom. The van der Waals surface area contributed by atoms with E-state index >= 15 is 0 Å². The summed E-state index contributed by atoms with van der Waals surface area (Å²) in [4.78, 5) is 91.6. The minimum absolute atomic E-state index is 0.000866. The maximum atomic E-state index is 13.4. The minimum Gasteiger partial charge on any atom is -0.497 e. The molecule has 6 amide bonds. The third-order valence-corrected chi connectivity index (χ3v) is 22.7. The number of fused-ring (bicyclic) bond motifs is 3. The topological polar surface area (TPSA) is 195 Å². The molecule has 15 rings (SSSR count). The van der Waals surface area contributed by atoms with Gasteiger partial charge in [-0.3, -0.25) is 28.8 Å². The van der Waals surface area contributed by atoms with Crippen molar-refractivity contribution in [2.24, 2.45) is 0 Å². The molecule has 0 atom stereocenters. The zero-order valence-corrected chi connectivity index (χ0v) is 65.6. The number of amides is 6. The summed E-state index contributed by atoms with van der Waals surface area (Å²) in [5.41, 5.74) is 11.5. The summed E-state index contributed by atoms with van der Waals surface area (Å²) in [7, 11) is 5.16. The molecule has 3 fully saturated rings. The number of rotatable bonds is 26. The molecule has 6 heterocycles. The van der Waals surface area contributed by atoms with Crippen LogP contribution in [0.15, 0.2) is 218 Å². The molecular weight excluding hydrogens is 1440 g/mol. The molecule has 0 radical (unpaired) electrons. The van der Waals surface area contributed by atoms with Gasteiger partial charge in [-0.05, 0) is 227 Å². The van der Waals surface area contributed by atoms with Crippen molar-refractivity contribution in [3.05, 3.63) is 274 Å². The van der Waals surface area contributed by atoms with Crippen molar-refractivity contribution in [3.8, 4) is 28.7 Å². The first-order chi connectivity index (χ1) is 55.7. The first-order valence-electron chi connectivity index (χ1n) is 40.1. The Morgan fingerprint density at radius 3 is 1.15 bits per heavy atom. The van der Waals surface area contributed by atoms with Crippen LogP contribution in [-0.4, -0.2) is 194 Å². The number of likely N-dealkylation sites (N-methyl/N-ethyl adjacent to an activating group) is 1. The van der Waals surface area contributed by atoms with Crippen LogP contribution in [0.5, 0.6) is 28.7 Å². The number of hydrogen-bond acceptors (Lipinski definition) is 14. The summed E-state index contributed by atoms with van der Waals surface area (Å²) < 4.78 is 40.5. The average Bonchev–Trinajstić information content (AvgIpc) is 0.833. The van der Waals surface area contributed by atoms with Gasteiger partial charge in [0.05, 0.1) is 31.3 Å². The highest BCUT2D eigenvalue weighted by Crippen LogP contribution is 2.38. The summed E-state index contributed by atoms with van der Waals surface area (Å²) in [6.45, 7) is 12.0. The van der Waals surface area contributed by atoms with Crippen molar-refractivity contribution >= 4 is 52.5 Å². The predicted molar refractivity (Wildman–Crippen MR) is 443 cm³/mol. The predicted octanol–water partition coefficient (Wildman–Crippen LogP) is 13.3. The van der Waals surface area contributed by atoms with Gasteiger partial charge < -0.3 is 68.6 Å². The maximum absolute atomic E-state index is 13.4. The van der Waals surface area contributed by atoms with Crippen molar-refractivity contribution < 1.29 is 56.8 Å². The highest BCUT2D eigenvalue weighted by atomic mass is 19.1. The number of anilines is 3. The van der Waals surface area contributed by atoms with E-state index < -0.39 is 0 Å². The molecule has 9 aromatic carbocycles. The summed E-state index contributed by atoms with van der Waals surface area (Å²) in [5, 5.41) is 6.13. The maximum Gasteiger partial charge on any atom is 0.265 e. The normalized spacial score (nSPS) is 16.1. The number of methoxy groups -OCH3 is 2. The fraction of sp³-hybridized carbons (Fsp3) is 0.355. The summed E-state index contributed by atoms with van der Waals surface area (Å²) in [5.74, 6) is 4.51. The smallest absolute Gasteiger partial charge is 0.265 e. The molecule has 0 spiro atoms. The van der Waals surface area contributed by atoms with Crippen LogP contribution >= 0.6 is 0 Å². The fourth-order valence-electron chi connectivity index (χ4n) is 16.2. The van der Waals surface area contributed by atoms with Crippen molar-refractivity contribution in [1.29, 1.82) is 0 Å². The van der Waals surface area contributed by atoms with Gasteiger partial charge in [-0.25, -0.2) is 4.39 Å². The van der Waals surface area contributed by atoms with Crippen LogP contribution in [0, 0.1) is 5.82 Å². The number of hydrogen-bond donors (Lipinski definition) is 2. The third-order valence-electron chi connectivity index (χ3n) is 22.7. The van der Waals surface area contributed by atoms with Crippen LogP contribution in [0.2, 0.25) is 0 Å². The Balaban J connectivity index is 0.000000149. The number of likely N-dealkylation sites (tertiary alicyclic amines) is 3. The third kappa shape index (κ3) is 21.1. The van der Waals surface area contributed by atoms with Crippen LogP contribution in [-0.2, 0) is 33.6 Å². The lowest BCUT2D eigenvalue weighted by molar-refractivity contribution is -0.122. The van der Waals surface area contributed by atoms with Crippen molar-refractivity contribution in [2.45, 2.75) is 75.5 Å². The summed E-state index contributed by atoms with van der Waals surface area (Å²) in [6, 6.07) is 69.5. The molecule has 6 aliphatic heterocycles. The van der Waals surface area contributed by atoms with E-state index in [2.05, 4.69) is 55.7 Å². The van der Waals surface area contributed by atoms with Gasteiger partial charge in [0.2, 0.25) is 0 Å². The van der Waals surface area contributed by atoms with E-state index in [4.69, 9.17) is 23.7 Å². The van der Waals surface area contributed by atoms with Crippen LogP contribution in [0.3, 0.4) is 0 Å². The lowest BCUT2D eigenvalue weighted by Crippen LogP contribution is -2.45. The zero-order valence-electron chi connectivity index (χ0n) is 65.6. The van der Waals surface area contributed by atoms with E-state index in [0.717, 1.165) is 194 Å². The molecule has 2 N–H and O–H groups in total. The molecular formula is C93H104FN9O11. The van der Waals surface area contributed by atoms with E-state index in [1.54, 1.807) is 26.4 Å². The van der Waals surface area contributed by atoms with Gasteiger partial charge in [-0.1, -0.05) is 133 Å². The highest BCUT2D eigenvalue weighted by molar-refractivity contribution is 6.00. The van der Waals surface area contributed by atoms with E-state index in [1.165, 1.54) is 17.7 Å². The van der Waals surface area contributed by atoms with E-state index in [1.807, 2.05) is 190 Å². The molecule has 6 aliphatic rings. The molecule has 0 aromatic heterocycles. The molecule has 0 unspecified atom stereocenters. The Kier molecular flexibility index (Phi) is 28.2. The molecule has 9 aromatic rings. The lowest BCUT2D eigenvalue weighted by Gasteiger charge is -2.35. The number of nitrogens with zero attached hydrogens (tertiary/aromatic N) is 7. The monoisotopic (exact) mass is 1540 g/mol. The van der Waals surface area contributed by atoms with Crippen LogP contribution < -0.4 is 49.0 Å². The van der Waals surface area contributed by atoms with E-state index in [0.29, 0.717) is 69.9 Å². The lowest BCUT2D eigenvalue weighted by atomic mass is 9.86. The Hall–Kier alpha value is -11.4. The van der Waals surface area contributed by atoms with Gasteiger partial charge in [0, 0.05) is 88.7 Å². The Labute approximate surface area is 668 Å². The molecule has 0 saturated carbocycles. The van der Waals surface area contributed by atoms with Crippen molar-refractivity contribution in [1.82, 2.24) is 30.2 Å². The van der Waals surface area contributed by atoms with Gasteiger partial charge >= 0.3 is 0 Å². The molecule has 3 saturated heterocycles. The second-order valence-corrected chi connectivity index (χ2v) is 29.8.